The molecule has 3 aromatic rings. The third-order valence-electron chi connectivity index (χ3n) is 3.32. The van der Waals surface area contributed by atoms with E-state index in [0.717, 1.165) is 11.2 Å². The number of fused-ring (bicyclic) bond motifs is 1. The van der Waals surface area contributed by atoms with Gasteiger partial charge in [0.25, 0.3) is 0 Å². The smallest absolute Gasteiger partial charge is 0.183 e. The zero-order valence-electron chi connectivity index (χ0n) is 13.4. The zero-order chi connectivity index (χ0) is 17.8. The monoisotopic (exact) mass is 372 g/mol. The first kappa shape index (κ1) is 17.1. The second-order valence-electron chi connectivity index (χ2n) is 4.84. The summed E-state index contributed by atoms with van der Waals surface area (Å²) in [5.74, 6) is 0.591. The van der Waals surface area contributed by atoms with Gasteiger partial charge in [-0.1, -0.05) is 23.4 Å². The molecule has 3 rings (SSSR count). The Morgan fingerprint density at radius 2 is 2.08 bits per heavy atom. The van der Waals surface area contributed by atoms with Gasteiger partial charge in [-0.15, -0.1) is 10.2 Å². The molecule has 0 radical (unpaired) electrons. The first-order valence-electron chi connectivity index (χ1n) is 7.13. The molecule has 0 unspecified atom stereocenters. The number of amidine groups is 1. The zero-order valence-corrected chi connectivity index (χ0v) is 15.0. The van der Waals surface area contributed by atoms with Gasteiger partial charge >= 0.3 is 0 Å². The highest BCUT2D eigenvalue weighted by Gasteiger charge is 2.08. The second-order valence-corrected chi connectivity index (χ2v) is 6.04. The van der Waals surface area contributed by atoms with Crippen LogP contribution in [0.1, 0.15) is 0 Å². The van der Waals surface area contributed by atoms with Crippen LogP contribution in [0.4, 0.5) is 5.69 Å². The van der Waals surface area contributed by atoms with E-state index in [1.54, 1.807) is 25.3 Å². The summed E-state index contributed by atoms with van der Waals surface area (Å²) in [7, 11) is 1.56. The minimum absolute atomic E-state index is 0.485. The van der Waals surface area contributed by atoms with E-state index in [2.05, 4.69) is 20.5 Å². The number of aliphatic imine (C=N–C) groups is 1. The van der Waals surface area contributed by atoms with Gasteiger partial charge in [-0.2, -0.15) is 10.1 Å². The molecule has 0 bridgehead atoms. The maximum atomic E-state index is 8.71. The quantitative estimate of drug-likeness (QED) is 0.327. The molecule has 0 saturated heterocycles. The summed E-state index contributed by atoms with van der Waals surface area (Å²) in [5, 5.41) is 21.1. The number of methoxy groups -OCH3 is 1. The van der Waals surface area contributed by atoms with Crippen molar-refractivity contribution in [1.29, 1.82) is 5.26 Å². The maximum Gasteiger partial charge on any atom is 0.183 e. The molecular formula is C16H13ClN6OS. The van der Waals surface area contributed by atoms with Gasteiger partial charge in [-0.3, -0.25) is 5.32 Å². The minimum Gasteiger partial charge on any atom is -0.495 e. The lowest BCUT2D eigenvalue weighted by atomic mass is 10.3. The maximum absolute atomic E-state index is 8.71. The van der Waals surface area contributed by atoms with Crippen molar-refractivity contribution in [3.63, 3.8) is 0 Å². The van der Waals surface area contributed by atoms with Crippen molar-refractivity contribution in [2.75, 3.05) is 13.4 Å². The van der Waals surface area contributed by atoms with Crippen molar-refractivity contribution in [1.82, 2.24) is 20.3 Å². The van der Waals surface area contributed by atoms with E-state index in [1.165, 1.54) is 16.6 Å². The van der Waals surface area contributed by atoms with Gasteiger partial charge in [0.1, 0.15) is 16.8 Å². The number of hydrogen-bond donors (Lipinski definition) is 1. The molecule has 1 N–H and O–H groups in total. The highest BCUT2D eigenvalue weighted by Crippen LogP contribution is 2.27. The predicted octanol–water partition coefficient (Wildman–Crippen LogP) is 3.50. The lowest BCUT2D eigenvalue weighted by Crippen LogP contribution is -2.12. The molecule has 0 saturated carbocycles. The Hall–Kier alpha value is -2.76. The normalized spacial score (nSPS) is 11.4. The summed E-state index contributed by atoms with van der Waals surface area (Å²) in [6.07, 6.45) is 3.70. The molecule has 0 aliphatic carbocycles. The summed E-state index contributed by atoms with van der Waals surface area (Å²) in [4.78, 5) is 5.87. The number of nitrogens with one attached hydrogen (secondary N) is 1. The lowest BCUT2D eigenvalue weighted by molar-refractivity contribution is 0.415. The van der Waals surface area contributed by atoms with Crippen LogP contribution in [0.3, 0.4) is 0 Å². The molecule has 0 amide bonds. The van der Waals surface area contributed by atoms with Crippen LogP contribution in [0.25, 0.3) is 16.7 Å². The van der Waals surface area contributed by atoms with Gasteiger partial charge in [0.15, 0.2) is 11.4 Å². The Morgan fingerprint density at radius 1 is 1.28 bits per heavy atom. The molecule has 0 aliphatic heterocycles. The van der Waals surface area contributed by atoms with Crippen LogP contribution in [-0.2, 0) is 0 Å². The molecule has 9 heteroatoms. The molecule has 7 nitrogen and oxygen atoms in total. The van der Waals surface area contributed by atoms with Gasteiger partial charge in [-0.25, -0.2) is 4.99 Å². The number of nitrogens with zero attached hydrogens (tertiary/aromatic N) is 5. The number of halogens is 1. The van der Waals surface area contributed by atoms with Crippen LogP contribution in [0.15, 0.2) is 41.4 Å². The highest BCUT2D eigenvalue weighted by molar-refractivity contribution is 8.13. The van der Waals surface area contributed by atoms with Gasteiger partial charge in [-0.05, 0) is 42.7 Å². The van der Waals surface area contributed by atoms with Crippen molar-refractivity contribution in [2.24, 2.45) is 4.99 Å². The molecule has 1 heterocycles. The second kappa shape index (κ2) is 7.42. The van der Waals surface area contributed by atoms with Crippen molar-refractivity contribution >= 4 is 45.3 Å². The first-order chi connectivity index (χ1) is 12.1. The van der Waals surface area contributed by atoms with E-state index < -0.39 is 0 Å². The van der Waals surface area contributed by atoms with E-state index >= 15 is 0 Å². The van der Waals surface area contributed by atoms with E-state index in [1.807, 2.05) is 30.6 Å². The van der Waals surface area contributed by atoms with E-state index in [0.29, 0.717) is 27.1 Å². The van der Waals surface area contributed by atoms with Gasteiger partial charge < -0.3 is 4.74 Å². The standard InChI is InChI=1S/C16H13ClN6OS/c1-24-15-6-4-11(8-12(15)17)23-21-13-5-3-10(7-14(13)22-23)20-16(25-2)19-9-18/h3-8H,1-2H3,(H,19,20). The average molecular weight is 373 g/mol. The van der Waals surface area contributed by atoms with Crippen LogP contribution in [0, 0.1) is 11.5 Å². The number of aromatic nitrogens is 3. The van der Waals surface area contributed by atoms with Crippen molar-refractivity contribution in [2.45, 2.75) is 0 Å². The SMILES string of the molecule is COc1ccc(-n2nc3ccc(N=C(NC#N)SC)cc3n2)cc1Cl. The number of thioether (sulfide) groups is 1. The van der Waals surface area contributed by atoms with Crippen LogP contribution in [-0.4, -0.2) is 33.5 Å². The molecule has 126 valence electrons. The Bertz CT molecular complexity index is 994. The molecule has 2 aromatic carbocycles. The average Bonchev–Trinajstić information content (AvgIpc) is 3.04. The molecule has 0 fully saturated rings. The van der Waals surface area contributed by atoms with E-state index in [9.17, 15) is 0 Å². The Morgan fingerprint density at radius 3 is 2.76 bits per heavy atom. The summed E-state index contributed by atoms with van der Waals surface area (Å²) >= 11 is 7.51. The van der Waals surface area contributed by atoms with Gasteiger partial charge in [0, 0.05) is 0 Å². The summed E-state index contributed by atoms with van der Waals surface area (Å²) in [6.45, 7) is 0. The third-order valence-corrected chi connectivity index (χ3v) is 4.19. The Labute approximate surface area is 153 Å². The predicted molar refractivity (Wildman–Crippen MR) is 99.8 cm³/mol. The van der Waals surface area contributed by atoms with Crippen molar-refractivity contribution < 1.29 is 4.74 Å². The fourth-order valence-electron chi connectivity index (χ4n) is 2.16. The minimum atomic E-state index is 0.485. The summed E-state index contributed by atoms with van der Waals surface area (Å²) in [5.41, 5.74) is 2.82. The third kappa shape index (κ3) is 3.68. The fraction of sp³-hybridized carbons (Fsp3) is 0.125. The number of ether oxygens (including phenoxy) is 1. The van der Waals surface area contributed by atoms with Crippen LogP contribution >= 0.6 is 23.4 Å². The van der Waals surface area contributed by atoms with E-state index in [4.69, 9.17) is 21.6 Å². The first-order valence-corrected chi connectivity index (χ1v) is 8.73. The van der Waals surface area contributed by atoms with Gasteiger partial charge in [0.2, 0.25) is 0 Å². The summed E-state index contributed by atoms with van der Waals surface area (Å²) in [6, 6.07) is 10.8. The van der Waals surface area contributed by atoms with Crippen LogP contribution in [0.5, 0.6) is 5.75 Å². The largest absolute Gasteiger partial charge is 0.495 e. The van der Waals surface area contributed by atoms with Crippen molar-refractivity contribution in [3.8, 4) is 17.6 Å². The Balaban J connectivity index is 1.98. The highest BCUT2D eigenvalue weighted by atomic mass is 35.5. The number of nitriles is 1. The molecule has 0 atom stereocenters. The molecular weight excluding hydrogens is 360 g/mol. The van der Waals surface area contributed by atoms with Crippen LogP contribution in [0.2, 0.25) is 5.02 Å². The molecule has 0 spiro atoms. The fourth-order valence-corrected chi connectivity index (χ4v) is 2.75. The Kier molecular flexibility index (Phi) is 5.07. The molecule has 1 aromatic heterocycles. The van der Waals surface area contributed by atoms with Gasteiger partial charge in [0.05, 0.1) is 23.5 Å². The summed E-state index contributed by atoms with van der Waals surface area (Å²) < 4.78 is 5.15. The van der Waals surface area contributed by atoms with Crippen LogP contribution < -0.4 is 10.1 Å². The van der Waals surface area contributed by atoms with Crippen molar-refractivity contribution in [3.05, 3.63) is 41.4 Å². The topological polar surface area (TPSA) is 88.1 Å². The molecule has 25 heavy (non-hydrogen) atoms. The number of rotatable bonds is 3. The van der Waals surface area contributed by atoms with E-state index in [-0.39, 0.29) is 0 Å². The number of hydrogen-bond acceptors (Lipinski definition) is 6. The lowest BCUT2D eigenvalue weighted by Gasteiger charge is -2.04. The number of benzene rings is 2. The molecule has 0 aliphatic rings.